The van der Waals surface area contributed by atoms with E-state index in [2.05, 4.69) is 26.0 Å². The first-order valence-electron chi connectivity index (χ1n) is 12.1. The minimum atomic E-state index is -0.519. The molecule has 0 saturated heterocycles. The molecule has 0 radical (unpaired) electrons. The van der Waals surface area contributed by atoms with E-state index in [1.165, 1.54) is 31.2 Å². The van der Waals surface area contributed by atoms with E-state index in [0.29, 0.717) is 6.61 Å². The van der Waals surface area contributed by atoms with Crippen LogP contribution in [0.15, 0.2) is 30.3 Å². The largest absolute Gasteiger partial charge is 0.393 e. The van der Waals surface area contributed by atoms with E-state index in [1.54, 1.807) is 0 Å². The van der Waals surface area contributed by atoms with Gasteiger partial charge in [0.05, 0.1) is 18.3 Å². The van der Waals surface area contributed by atoms with E-state index in [1.807, 2.05) is 18.2 Å². The first-order chi connectivity index (χ1) is 14.1. The molecule has 0 fully saturated rings. The highest BCUT2D eigenvalue weighted by atomic mass is 16.5. The lowest BCUT2D eigenvalue weighted by molar-refractivity contribution is 0.00409. The monoisotopic (exact) mass is 406 g/mol. The van der Waals surface area contributed by atoms with Gasteiger partial charge in [-0.05, 0) is 56.9 Å². The number of benzene rings is 1. The van der Waals surface area contributed by atoms with Crippen LogP contribution in [-0.4, -0.2) is 28.5 Å². The molecule has 0 unspecified atom stereocenters. The third-order valence-corrected chi connectivity index (χ3v) is 5.86. The third-order valence-electron chi connectivity index (χ3n) is 5.86. The highest BCUT2D eigenvalue weighted by molar-refractivity contribution is 5.13. The maximum Gasteiger partial charge on any atom is 0.0716 e. The molecule has 168 valence electrons. The molecule has 0 amide bonds. The zero-order chi connectivity index (χ0) is 21.2. The van der Waals surface area contributed by atoms with Crippen LogP contribution in [0.1, 0.15) is 109 Å². The molecule has 0 aliphatic heterocycles. The Morgan fingerprint density at radius 3 is 2.00 bits per heavy atom. The molecule has 3 nitrogen and oxygen atoms in total. The van der Waals surface area contributed by atoms with Crippen LogP contribution in [0.2, 0.25) is 0 Å². The van der Waals surface area contributed by atoms with Gasteiger partial charge in [-0.1, -0.05) is 82.7 Å². The molecule has 0 aromatic heterocycles. The summed E-state index contributed by atoms with van der Waals surface area (Å²) in [6, 6.07) is 10.2. The Hall–Kier alpha value is -0.900. The molecule has 0 aliphatic rings. The van der Waals surface area contributed by atoms with E-state index in [9.17, 15) is 10.2 Å². The van der Waals surface area contributed by atoms with E-state index in [-0.39, 0.29) is 6.10 Å². The normalized spacial score (nSPS) is 13.0. The highest BCUT2D eigenvalue weighted by Gasteiger charge is 2.25. The second-order valence-corrected chi connectivity index (χ2v) is 8.72. The summed E-state index contributed by atoms with van der Waals surface area (Å²) in [6.45, 7) is 5.83. The van der Waals surface area contributed by atoms with Gasteiger partial charge in [0.15, 0.2) is 0 Å². The van der Waals surface area contributed by atoms with Gasteiger partial charge in [0.2, 0.25) is 0 Å². The summed E-state index contributed by atoms with van der Waals surface area (Å²) >= 11 is 0. The molecule has 3 heteroatoms. The fraction of sp³-hybridized carbons (Fsp3) is 0.769. The van der Waals surface area contributed by atoms with Crippen LogP contribution in [-0.2, 0) is 11.3 Å². The summed E-state index contributed by atoms with van der Waals surface area (Å²) in [7, 11) is 0. The van der Waals surface area contributed by atoms with Crippen molar-refractivity contribution in [1.82, 2.24) is 0 Å². The van der Waals surface area contributed by atoms with Crippen LogP contribution in [0.3, 0.4) is 0 Å². The Bertz CT molecular complexity index is 464. The van der Waals surface area contributed by atoms with Crippen molar-refractivity contribution in [3.63, 3.8) is 0 Å². The molecule has 1 atom stereocenters. The van der Waals surface area contributed by atoms with Gasteiger partial charge in [-0.2, -0.15) is 0 Å². The fourth-order valence-corrected chi connectivity index (χ4v) is 3.94. The summed E-state index contributed by atoms with van der Waals surface area (Å²) in [5, 5.41) is 21.3. The predicted molar refractivity (Wildman–Crippen MR) is 123 cm³/mol. The van der Waals surface area contributed by atoms with Crippen molar-refractivity contribution < 1.29 is 14.9 Å². The Balaban J connectivity index is 2.12. The summed E-state index contributed by atoms with van der Waals surface area (Å²) in [5.41, 5.74) is 0.688. The van der Waals surface area contributed by atoms with E-state index < -0.39 is 5.60 Å². The molecule has 0 bridgehead atoms. The van der Waals surface area contributed by atoms with Crippen LogP contribution >= 0.6 is 0 Å². The second-order valence-electron chi connectivity index (χ2n) is 8.72. The van der Waals surface area contributed by atoms with Crippen molar-refractivity contribution in [1.29, 1.82) is 0 Å². The lowest BCUT2D eigenvalue weighted by Crippen LogP contribution is -2.29. The standard InChI is InChI=1S/C26H46O3/c1-3-5-11-19-26(28,20-12-6-4-2)21-14-18-25(27)17-10-13-22-29-23-24-15-8-7-9-16-24/h7-9,15-16,25,27-28H,3-6,10-14,17-23H2,1-2H3/t25-/m0/s1. The van der Waals surface area contributed by atoms with Crippen LogP contribution in [0.4, 0.5) is 0 Å². The smallest absolute Gasteiger partial charge is 0.0716 e. The fourth-order valence-electron chi connectivity index (χ4n) is 3.94. The minimum Gasteiger partial charge on any atom is -0.393 e. The lowest BCUT2D eigenvalue weighted by atomic mass is 9.85. The van der Waals surface area contributed by atoms with Gasteiger partial charge in [-0.3, -0.25) is 0 Å². The van der Waals surface area contributed by atoms with Crippen LogP contribution in [0.5, 0.6) is 0 Å². The molecular weight excluding hydrogens is 360 g/mol. The molecular formula is C26H46O3. The summed E-state index contributed by atoms with van der Waals surface area (Å²) in [6.07, 6.45) is 14.0. The number of aliphatic hydroxyl groups excluding tert-OH is 1. The summed E-state index contributed by atoms with van der Waals surface area (Å²) in [4.78, 5) is 0. The first kappa shape index (κ1) is 26.1. The van der Waals surface area contributed by atoms with Gasteiger partial charge in [-0.15, -0.1) is 0 Å². The molecule has 1 rings (SSSR count). The molecule has 0 spiro atoms. The van der Waals surface area contributed by atoms with Crippen molar-refractivity contribution >= 4 is 0 Å². The topological polar surface area (TPSA) is 49.7 Å². The molecule has 1 aromatic rings. The van der Waals surface area contributed by atoms with Crippen LogP contribution in [0, 0.1) is 0 Å². The number of ether oxygens (including phenoxy) is 1. The van der Waals surface area contributed by atoms with E-state index in [4.69, 9.17) is 4.74 Å². The quantitative estimate of drug-likeness (QED) is 0.248. The van der Waals surface area contributed by atoms with Crippen molar-refractivity contribution in [2.75, 3.05) is 6.61 Å². The molecule has 29 heavy (non-hydrogen) atoms. The zero-order valence-electron chi connectivity index (χ0n) is 19.1. The molecule has 0 heterocycles. The number of hydrogen-bond acceptors (Lipinski definition) is 3. The van der Waals surface area contributed by atoms with Gasteiger partial charge >= 0.3 is 0 Å². The Morgan fingerprint density at radius 1 is 0.793 bits per heavy atom. The molecule has 1 aromatic carbocycles. The maximum absolute atomic E-state index is 11.0. The van der Waals surface area contributed by atoms with Crippen LogP contribution in [0.25, 0.3) is 0 Å². The van der Waals surface area contributed by atoms with Crippen molar-refractivity contribution in [2.45, 2.75) is 122 Å². The summed E-state index contributed by atoms with van der Waals surface area (Å²) in [5.74, 6) is 0. The van der Waals surface area contributed by atoms with E-state index in [0.717, 1.165) is 70.8 Å². The second kappa shape index (κ2) is 16.8. The van der Waals surface area contributed by atoms with Gasteiger partial charge < -0.3 is 14.9 Å². The first-order valence-corrected chi connectivity index (χ1v) is 12.1. The molecule has 2 N–H and O–H groups in total. The summed E-state index contributed by atoms with van der Waals surface area (Å²) < 4.78 is 5.71. The highest BCUT2D eigenvalue weighted by Crippen LogP contribution is 2.28. The molecule has 0 aliphatic carbocycles. The minimum absolute atomic E-state index is 0.250. The van der Waals surface area contributed by atoms with E-state index >= 15 is 0 Å². The van der Waals surface area contributed by atoms with Gasteiger partial charge in [-0.25, -0.2) is 0 Å². The van der Waals surface area contributed by atoms with Crippen LogP contribution < -0.4 is 0 Å². The van der Waals surface area contributed by atoms with Gasteiger partial charge in [0, 0.05) is 6.61 Å². The molecule has 0 saturated carbocycles. The number of rotatable bonds is 19. The number of hydrogen-bond donors (Lipinski definition) is 2. The zero-order valence-corrected chi connectivity index (χ0v) is 19.1. The Labute approximate surface area is 179 Å². The van der Waals surface area contributed by atoms with Crippen molar-refractivity contribution in [3.05, 3.63) is 35.9 Å². The predicted octanol–water partition coefficient (Wildman–Crippen LogP) is 6.80. The van der Waals surface area contributed by atoms with Crippen molar-refractivity contribution in [2.24, 2.45) is 0 Å². The number of aliphatic hydroxyl groups is 2. The van der Waals surface area contributed by atoms with Gasteiger partial charge in [0.1, 0.15) is 0 Å². The average Bonchev–Trinajstić information content (AvgIpc) is 2.72. The Kier molecular flexibility index (Phi) is 15.2. The average molecular weight is 407 g/mol. The Morgan fingerprint density at radius 2 is 1.38 bits per heavy atom. The van der Waals surface area contributed by atoms with Gasteiger partial charge in [0.25, 0.3) is 0 Å². The lowest BCUT2D eigenvalue weighted by Gasteiger charge is -2.29. The van der Waals surface area contributed by atoms with Crippen molar-refractivity contribution in [3.8, 4) is 0 Å². The number of unbranched alkanes of at least 4 members (excludes halogenated alkanes) is 5. The third kappa shape index (κ3) is 13.9. The maximum atomic E-state index is 11.0. The SMILES string of the molecule is CCCCCC(O)(CCCCC)CCC[C@@H](O)CCCCOCc1ccccc1.